The smallest absolute Gasteiger partial charge is 0.146 e. The highest BCUT2D eigenvalue weighted by molar-refractivity contribution is 9.11. The molecule has 0 fully saturated rings. The van der Waals surface area contributed by atoms with Gasteiger partial charge in [0.2, 0.25) is 0 Å². The van der Waals surface area contributed by atoms with Crippen molar-refractivity contribution < 1.29 is 4.74 Å². The van der Waals surface area contributed by atoms with Crippen molar-refractivity contribution in [3.05, 3.63) is 51.2 Å². The lowest BCUT2D eigenvalue weighted by atomic mass is 10.2. The summed E-state index contributed by atoms with van der Waals surface area (Å²) in [6, 6.07) is 7.76. The summed E-state index contributed by atoms with van der Waals surface area (Å²) in [5, 5.41) is 0.812. The summed E-state index contributed by atoms with van der Waals surface area (Å²) >= 11 is 10.3. The first kappa shape index (κ1) is 13.1. The summed E-state index contributed by atoms with van der Waals surface area (Å²) in [7, 11) is 0. The zero-order valence-electron chi connectivity index (χ0n) is 8.66. The quantitative estimate of drug-likeness (QED) is 0.628. The van der Waals surface area contributed by atoms with Crippen molar-refractivity contribution in [1.29, 1.82) is 0 Å². The average Bonchev–Trinajstić information content (AvgIpc) is 2.29. The van der Waals surface area contributed by atoms with Gasteiger partial charge in [0, 0.05) is 20.5 Å². The van der Waals surface area contributed by atoms with E-state index in [0.29, 0.717) is 5.75 Å². The molecule has 0 aliphatic rings. The Kier molecular flexibility index (Phi) is 4.59. The summed E-state index contributed by atoms with van der Waals surface area (Å²) in [6.45, 7) is 0. The lowest BCUT2D eigenvalue weighted by Gasteiger charge is -2.07. The van der Waals surface area contributed by atoms with Crippen LogP contribution in [0.5, 0.6) is 11.5 Å². The summed E-state index contributed by atoms with van der Waals surface area (Å²) in [4.78, 5) is 4.05. The van der Waals surface area contributed by atoms with Gasteiger partial charge >= 0.3 is 0 Å². The minimum absolute atomic E-state index is 0.706. The lowest BCUT2D eigenvalue weighted by Crippen LogP contribution is -1.87. The minimum Gasteiger partial charge on any atom is -0.456 e. The Morgan fingerprint density at radius 2 is 1.88 bits per heavy atom. The van der Waals surface area contributed by atoms with Crippen LogP contribution in [0.2, 0.25) is 0 Å². The van der Waals surface area contributed by atoms with E-state index < -0.39 is 0 Å². The molecule has 0 aliphatic carbocycles. The van der Waals surface area contributed by atoms with E-state index in [1.165, 1.54) is 5.56 Å². The van der Waals surface area contributed by atoms with Crippen molar-refractivity contribution in [3.63, 3.8) is 0 Å². The maximum atomic E-state index is 5.70. The van der Waals surface area contributed by atoms with E-state index in [1.54, 1.807) is 12.4 Å². The van der Waals surface area contributed by atoms with Crippen LogP contribution < -0.4 is 4.74 Å². The van der Waals surface area contributed by atoms with Gasteiger partial charge in [-0.3, -0.25) is 4.98 Å². The second-order valence-electron chi connectivity index (χ2n) is 3.33. The molecule has 1 heterocycles. The first-order valence-corrected chi connectivity index (χ1v) is 7.52. The Labute approximate surface area is 125 Å². The normalized spacial score (nSPS) is 10.3. The third-order valence-electron chi connectivity index (χ3n) is 2.08. The van der Waals surface area contributed by atoms with Crippen LogP contribution in [0.25, 0.3) is 0 Å². The Balaban J connectivity index is 2.22. The Hall–Kier alpha value is -0.390. The molecule has 0 radical (unpaired) electrons. The number of alkyl halides is 1. The lowest BCUT2D eigenvalue weighted by molar-refractivity contribution is 0.479. The van der Waals surface area contributed by atoms with Gasteiger partial charge in [-0.15, -0.1) is 0 Å². The van der Waals surface area contributed by atoms with E-state index in [-0.39, 0.29) is 0 Å². The number of aromatic nitrogens is 1. The highest BCUT2D eigenvalue weighted by Crippen LogP contribution is 2.28. The number of hydrogen-bond acceptors (Lipinski definition) is 2. The molecule has 0 N–H and O–H groups in total. The van der Waals surface area contributed by atoms with Crippen LogP contribution in [0.1, 0.15) is 5.56 Å². The second kappa shape index (κ2) is 5.98. The first-order chi connectivity index (χ1) is 8.19. The molecular weight excluding hydrogens is 414 g/mol. The molecule has 88 valence electrons. The third-order valence-corrected chi connectivity index (χ3v) is 3.86. The van der Waals surface area contributed by atoms with E-state index >= 15 is 0 Å². The van der Waals surface area contributed by atoms with Gasteiger partial charge in [0.05, 0.1) is 6.20 Å². The molecule has 1 aromatic heterocycles. The van der Waals surface area contributed by atoms with Crippen LogP contribution in [0, 0.1) is 0 Å². The monoisotopic (exact) mass is 419 g/mol. The SMILES string of the molecule is BrCc1ccc(Oc2cncc(Br)c2)cc1Br. The summed E-state index contributed by atoms with van der Waals surface area (Å²) in [5.74, 6) is 1.49. The number of rotatable bonds is 3. The van der Waals surface area contributed by atoms with Gasteiger partial charge in [0.1, 0.15) is 11.5 Å². The number of benzene rings is 1. The maximum absolute atomic E-state index is 5.70. The summed E-state index contributed by atoms with van der Waals surface area (Å²) in [6.07, 6.45) is 3.40. The molecule has 0 atom stereocenters. The van der Waals surface area contributed by atoms with Crippen molar-refractivity contribution in [2.24, 2.45) is 0 Å². The topological polar surface area (TPSA) is 22.1 Å². The van der Waals surface area contributed by atoms with Crippen LogP contribution >= 0.6 is 47.8 Å². The van der Waals surface area contributed by atoms with Crippen molar-refractivity contribution in [2.45, 2.75) is 5.33 Å². The highest BCUT2D eigenvalue weighted by atomic mass is 79.9. The van der Waals surface area contributed by atoms with E-state index in [2.05, 4.69) is 52.8 Å². The van der Waals surface area contributed by atoms with Gasteiger partial charge < -0.3 is 4.74 Å². The number of hydrogen-bond donors (Lipinski definition) is 0. The van der Waals surface area contributed by atoms with Gasteiger partial charge in [-0.25, -0.2) is 0 Å². The van der Waals surface area contributed by atoms with Crippen LogP contribution in [0.3, 0.4) is 0 Å². The van der Waals surface area contributed by atoms with Gasteiger partial charge in [0.15, 0.2) is 0 Å². The molecular formula is C12H8Br3NO. The van der Waals surface area contributed by atoms with Crippen LogP contribution in [0.4, 0.5) is 0 Å². The molecule has 2 aromatic rings. The maximum Gasteiger partial charge on any atom is 0.146 e. The molecule has 0 amide bonds. The third kappa shape index (κ3) is 3.53. The van der Waals surface area contributed by atoms with Gasteiger partial charge in [-0.2, -0.15) is 0 Å². The van der Waals surface area contributed by atoms with E-state index in [9.17, 15) is 0 Å². The fraction of sp³-hybridized carbons (Fsp3) is 0.0833. The Bertz CT molecular complexity index is 531. The second-order valence-corrected chi connectivity index (χ2v) is 5.66. The predicted octanol–water partition coefficient (Wildman–Crippen LogP) is 5.29. The number of pyridine rings is 1. The van der Waals surface area contributed by atoms with Crippen molar-refractivity contribution in [2.75, 3.05) is 0 Å². The molecule has 2 rings (SSSR count). The van der Waals surface area contributed by atoms with Crippen molar-refractivity contribution in [1.82, 2.24) is 4.98 Å². The first-order valence-electron chi connectivity index (χ1n) is 4.82. The molecule has 0 saturated heterocycles. The molecule has 0 saturated carbocycles. The summed E-state index contributed by atoms with van der Waals surface area (Å²) < 4.78 is 7.62. The molecule has 2 nitrogen and oxygen atoms in total. The minimum atomic E-state index is 0.706. The fourth-order valence-electron chi connectivity index (χ4n) is 1.28. The molecule has 17 heavy (non-hydrogen) atoms. The molecule has 0 unspecified atom stereocenters. The number of halogens is 3. The zero-order chi connectivity index (χ0) is 12.3. The molecule has 0 spiro atoms. The van der Waals surface area contributed by atoms with Crippen molar-refractivity contribution in [3.8, 4) is 11.5 Å². The Morgan fingerprint density at radius 1 is 1.06 bits per heavy atom. The van der Waals surface area contributed by atoms with Crippen LogP contribution in [-0.2, 0) is 5.33 Å². The van der Waals surface area contributed by atoms with Gasteiger partial charge in [-0.1, -0.05) is 37.9 Å². The van der Waals surface area contributed by atoms with Crippen LogP contribution in [-0.4, -0.2) is 4.98 Å². The van der Waals surface area contributed by atoms with Gasteiger partial charge in [-0.05, 0) is 39.7 Å². The molecule has 0 bridgehead atoms. The average molecular weight is 422 g/mol. The number of ether oxygens (including phenoxy) is 1. The zero-order valence-corrected chi connectivity index (χ0v) is 13.4. The molecule has 5 heteroatoms. The van der Waals surface area contributed by atoms with E-state index in [1.807, 2.05) is 24.3 Å². The largest absolute Gasteiger partial charge is 0.456 e. The standard InChI is InChI=1S/C12H8Br3NO/c13-5-8-1-2-10(4-12(8)15)17-11-3-9(14)6-16-7-11/h1-4,6-7H,5H2. The fourth-order valence-corrected chi connectivity index (χ4v) is 2.99. The van der Waals surface area contributed by atoms with Gasteiger partial charge in [0.25, 0.3) is 0 Å². The highest BCUT2D eigenvalue weighted by Gasteiger charge is 2.03. The molecule has 1 aromatic carbocycles. The summed E-state index contributed by atoms with van der Waals surface area (Å²) in [5.41, 5.74) is 1.18. The Morgan fingerprint density at radius 3 is 2.53 bits per heavy atom. The number of nitrogens with zero attached hydrogens (tertiary/aromatic N) is 1. The van der Waals surface area contributed by atoms with Crippen LogP contribution in [0.15, 0.2) is 45.6 Å². The van der Waals surface area contributed by atoms with E-state index in [0.717, 1.165) is 20.0 Å². The van der Waals surface area contributed by atoms with Crippen molar-refractivity contribution >= 4 is 47.8 Å². The molecule has 0 aliphatic heterocycles. The predicted molar refractivity (Wildman–Crippen MR) is 78.8 cm³/mol. The van der Waals surface area contributed by atoms with E-state index in [4.69, 9.17) is 4.74 Å².